The van der Waals surface area contributed by atoms with E-state index in [1.54, 1.807) is 37.3 Å². The number of carbonyl (C=O) groups is 2. The number of hydrogen-bond acceptors (Lipinski definition) is 2. The Morgan fingerprint density at radius 3 is 2.43 bits per heavy atom. The molecule has 0 saturated carbocycles. The average molecular weight is 345 g/mol. The van der Waals surface area contributed by atoms with Crippen molar-refractivity contribution in [1.82, 2.24) is 0 Å². The summed E-state index contributed by atoms with van der Waals surface area (Å²) < 4.78 is 0. The lowest BCUT2D eigenvalue weighted by Crippen LogP contribution is -2.48. The molecule has 2 atom stereocenters. The quantitative estimate of drug-likeness (QED) is 0.724. The van der Waals surface area contributed by atoms with E-state index < -0.39 is 21.9 Å². The summed E-state index contributed by atoms with van der Waals surface area (Å²) in [7, 11) is 0. The van der Waals surface area contributed by atoms with Crippen LogP contribution in [0.3, 0.4) is 0 Å². The third-order valence-electron chi connectivity index (χ3n) is 3.32. The van der Waals surface area contributed by atoms with Crippen molar-refractivity contribution in [3.63, 3.8) is 0 Å². The van der Waals surface area contributed by atoms with Crippen LogP contribution in [-0.4, -0.2) is 27.7 Å². The number of halogens is 3. The number of allylic oxidation sites excluding steroid dienone is 2. The summed E-state index contributed by atoms with van der Waals surface area (Å²) in [5.41, 5.74) is 1.03. The molecule has 6 heteroatoms. The fourth-order valence-electron chi connectivity index (χ4n) is 1.95. The first-order valence-electron chi connectivity index (χ1n) is 6.19. The Morgan fingerprint density at radius 2 is 1.86 bits per heavy atom. The number of nitrogens with zero attached hydrogens (tertiary/aromatic N) is 1. The third kappa shape index (κ3) is 2.91. The van der Waals surface area contributed by atoms with Gasteiger partial charge in [0.15, 0.2) is 5.78 Å². The van der Waals surface area contributed by atoms with Crippen molar-refractivity contribution in [3.8, 4) is 0 Å². The van der Waals surface area contributed by atoms with Crippen LogP contribution in [0.2, 0.25) is 0 Å². The molecular weight excluding hydrogens is 333 g/mol. The summed E-state index contributed by atoms with van der Waals surface area (Å²) in [6.45, 7) is 3.06. The molecule has 0 heterocycles. The van der Waals surface area contributed by atoms with Gasteiger partial charge in [0.1, 0.15) is 10.3 Å². The minimum Gasteiger partial charge on any atom is -0.291 e. The number of hydrogen-bond donors (Lipinski definition) is 0. The number of ketones is 1. The van der Waals surface area contributed by atoms with Gasteiger partial charge in [0.05, 0.1) is 10.7 Å². The van der Waals surface area contributed by atoms with Crippen LogP contribution in [0.25, 0.3) is 0 Å². The minimum atomic E-state index is -1.42. The number of alkyl halides is 2. The topological polar surface area (TPSA) is 46.5 Å². The summed E-state index contributed by atoms with van der Waals surface area (Å²) >= 11 is 18.4. The maximum atomic E-state index is 12.2. The number of carbonyl (C=O) groups excluding carboxylic acids is 2. The molecule has 0 spiro atoms. The first-order chi connectivity index (χ1) is 9.76. The average Bonchev–Trinajstić information content (AvgIpc) is 2.49. The maximum Gasteiger partial charge on any atom is 0.277 e. The van der Waals surface area contributed by atoms with E-state index in [1.165, 1.54) is 6.92 Å². The van der Waals surface area contributed by atoms with Crippen molar-refractivity contribution in [1.29, 1.82) is 0 Å². The van der Waals surface area contributed by atoms with Crippen molar-refractivity contribution in [2.24, 2.45) is 4.99 Å². The highest BCUT2D eigenvalue weighted by Crippen LogP contribution is 2.38. The van der Waals surface area contributed by atoms with Gasteiger partial charge in [0.2, 0.25) is 0 Å². The Labute approximate surface area is 137 Å². The standard InChI is InChI=1S/C15H12Cl3NO2/c1-8-10(16)13(20)15(2,18)12(17)11(8)19-14(21)9-6-4-3-5-7-9/h3-7,12H,1-2H3. The molecule has 1 aliphatic rings. The van der Waals surface area contributed by atoms with E-state index in [0.29, 0.717) is 11.1 Å². The molecule has 110 valence electrons. The smallest absolute Gasteiger partial charge is 0.277 e. The van der Waals surface area contributed by atoms with E-state index in [0.717, 1.165) is 0 Å². The predicted octanol–water partition coefficient (Wildman–Crippen LogP) is 3.97. The zero-order chi connectivity index (χ0) is 15.8. The summed E-state index contributed by atoms with van der Waals surface area (Å²) in [4.78, 5) is 26.8. The largest absolute Gasteiger partial charge is 0.291 e. The molecule has 0 aliphatic heterocycles. The molecule has 0 N–H and O–H groups in total. The molecule has 1 amide bonds. The van der Waals surface area contributed by atoms with Gasteiger partial charge in [0.25, 0.3) is 5.91 Å². The van der Waals surface area contributed by atoms with Crippen molar-refractivity contribution in [3.05, 3.63) is 46.5 Å². The van der Waals surface area contributed by atoms with Crippen LogP contribution >= 0.6 is 34.8 Å². The van der Waals surface area contributed by atoms with E-state index in [1.807, 2.05) is 0 Å². The molecule has 0 bridgehead atoms. The molecule has 0 saturated heterocycles. The van der Waals surface area contributed by atoms with Crippen LogP contribution in [0, 0.1) is 0 Å². The lowest BCUT2D eigenvalue weighted by atomic mass is 9.87. The van der Waals surface area contributed by atoms with Crippen LogP contribution in [0.1, 0.15) is 24.2 Å². The molecular formula is C15H12Cl3NO2. The monoisotopic (exact) mass is 343 g/mol. The molecule has 2 rings (SSSR count). The molecule has 0 radical (unpaired) electrons. The highest BCUT2D eigenvalue weighted by Gasteiger charge is 2.47. The zero-order valence-electron chi connectivity index (χ0n) is 11.4. The molecule has 1 aromatic rings. The highest BCUT2D eigenvalue weighted by molar-refractivity contribution is 6.59. The van der Waals surface area contributed by atoms with Gasteiger partial charge in [-0.1, -0.05) is 29.8 Å². The van der Waals surface area contributed by atoms with Crippen molar-refractivity contribution >= 4 is 52.2 Å². The van der Waals surface area contributed by atoms with E-state index >= 15 is 0 Å². The van der Waals surface area contributed by atoms with Gasteiger partial charge < -0.3 is 0 Å². The van der Waals surface area contributed by atoms with Gasteiger partial charge >= 0.3 is 0 Å². The van der Waals surface area contributed by atoms with Crippen LogP contribution in [0.5, 0.6) is 0 Å². The van der Waals surface area contributed by atoms with Gasteiger partial charge in [-0.05, 0) is 31.6 Å². The zero-order valence-corrected chi connectivity index (χ0v) is 13.6. The lowest BCUT2D eigenvalue weighted by molar-refractivity contribution is -0.117. The van der Waals surface area contributed by atoms with E-state index in [9.17, 15) is 9.59 Å². The molecule has 2 unspecified atom stereocenters. The fourth-order valence-corrected chi connectivity index (χ4v) is 2.81. The highest BCUT2D eigenvalue weighted by atomic mass is 35.5. The lowest BCUT2D eigenvalue weighted by Gasteiger charge is -2.32. The second kappa shape index (κ2) is 5.91. The molecule has 1 aliphatic carbocycles. The van der Waals surface area contributed by atoms with Crippen molar-refractivity contribution < 1.29 is 9.59 Å². The summed E-state index contributed by atoms with van der Waals surface area (Å²) in [5.74, 6) is -0.920. The van der Waals surface area contributed by atoms with Gasteiger partial charge in [-0.2, -0.15) is 0 Å². The minimum absolute atomic E-state index is 0.0380. The van der Waals surface area contributed by atoms with Crippen molar-refractivity contribution in [2.75, 3.05) is 0 Å². The Morgan fingerprint density at radius 1 is 1.29 bits per heavy atom. The molecule has 21 heavy (non-hydrogen) atoms. The maximum absolute atomic E-state index is 12.2. The van der Waals surface area contributed by atoms with Crippen LogP contribution in [-0.2, 0) is 4.79 Å². The number of rotatable bonds is 1. The Balaban J connectivity index is 2.49. The van der Waals surface area contributed by atoms with Crippen molar-refractivity contribution in [2.45, 2.75) is 24.1 Å². The number of amides is 1. The van der Waals surface area contributed by atoms with Crippen LogP contribution < -0.4 is 0 Å². The van der Waals surface area contributed by atoms with Gasteiger partial charge in [-0.3, -0.25) is 9.59 Å². The molecule has 0 aromatic heterocycles. The van der Waals surface area contributed by atoms with E-state index in [2.05, 4.69) is 4.99 Å². The SMILES string of the molecule is CC1=C(Cl)C(=O)C(C)(Cl)C(Cl)C1=NC(=O)c1ccccc1. The molecule has 1 aromatic carbocycles. The first-order valence-corrected chi connectivity index (χ1v) is 7.38. The van der Waals surface area contributed by atoms with Gasteiger partial charge in [-0.25, -0.2) is 4.99 Å². The summed E-state index contributed by atoms with van der Waals surface area (Å²) in [6.07, 6.45) is 0. The van der Waals surface area contributed by atoms with Crippen LogP contribution in [0.4, 0.5) is 0 Å². The molecule has 3 nitrogen and oxygen atoms in total. The first kappa shape index (κ1) is 16.2. The predicted molar refractivity (Wildman–Crippen MR) is 85.7 cm³/mol. The summed E-state index contributed by atoms with van der Waals surface area (Å²) in [6, 6.07) is 8.55. The number of Topliss-reactive ketones (excluding diaryl/α,β-unsaturated/α-hetero) is 1. The Kier molecular flexibility index (Phi) is 4.57. The second-order valence-corrected chi connectivity index (χ2v) is 6.47. The van der Waals surface area contributed by atoms with Crippen LogP contribution in [0.15, 0.2) is 45.9 Å². The van der Waals surface area contributed by atoms with E-state index in [-0.39, 0.29) is 10.7 Å². The van der Waals surface area contributed by atoms with Gasteiger partial charge in [-0.15, -0.1) is 23.2 Å². The third-order valence-corrected chi connectivity index (χ3v) is 4.92. The normalized spacial score (nSPS) is 28.1. The molecule has 0 fully saturated rings. The summed E-state index contributed by atoms with van der Waals surface area (Å²) in [5, 5.41) is -0.967. The van der Waals surface area contributed by atoms with E-state index in [4.69, 9.17) is 34.8 Å². The second-order valence-electron chi connectivity index (χ2n) is 4.87. The number of aliphatic imine (C=N–C) groups is 1. The Hall–Kier alpha value is -1.16. The van der Waals surface area contributed by atoms with Gasteiger partial charge in [0, 0.05) is 5.56 Å². The Bertz CT molecular complexity index is 663. The number of benzene rings is 1. The fraction of sp³-hybridized carbons (Fsp3) is 0.267.